The Kier molecular flexibility index (Phi) is 5.25. The second-order valence-corrected chi connectivity index (χ2v) is 7.09. The third-order valence-electron chi connectivity index (χ3n) is 5.15. The van der Waals surface area contributed by atoms with Gasteiger partial charge in [-0.05, 0) is 16.7 Å². The molecule has 3 aromatic rings. The molecule has 1 fully saturated rings. The number of rotatable bonds is 6. The average Bonchev–Trinajstić information content (AvgIpc) is 3.01. The summed E-state index contributed by atoms with van der Waals surface area (Å²) in [4.78, 5) is 27.5. The van der Waals surface area contributed by atoms with Gasteiger partial charge >= 0.3 is 6.03 Å². The van der Waals surface area contributed by atoms with Crippen LogP contribution >= 0.6 is 0 Å². The molecule has 1 N–H and O–H groups in total. The van der Waals surface area contributed by atoms with Crippen LogP contribution in [-0.2, 0) is 16.8 Å². The molecule has 4 nitrogen and oxygen atoms in total. The highest BCUT2D eigenvalue weighted by Crippen LogP contribution is 2.33. The number of hydrogen-bond acceptors (Lipinski definition) is 2. The van der Waals surface area contributed by atoms with Crippen molar-refractivity contribution < 1.29 is 9.59 Å². The van der Waals surface area contributed by atoms with E-state index in [0.717, 1.165) is 16.7 Å². The summed E-state index contributed by atoms with van der Waals surface area (Å²) in [6.07, 6.45) is 4.16. The Morgan fingerprint density at radius 3 is 2.03 bits per heavy atom. The number of carbonyl (C=O) groups excluding carboxylic acids is 2. The zero-order valence-electron chi connectivity index (χ0n) is 16.0. The third kappa shape index (κ3) is 3.83. The first-order valence-corrected chi connectivity index (χ1v) is 9.64. The SMILES string of the molecule is O=C1N[C@](Cc2ccccc2)(c2ccccc2)C(=O)N1C/C=C/c1ccccc1. The first kappa shape index (κ1) is 18.7. The van der Waals surface area contributed by atoms with Gasteiger partial charge in [-0.3, -0.25) is 9.69 Å². The van der Waals surface area contributed by atoms with E-state index in [4.69, 9.17) is 0 Å². The van der Waals surface area contributed by atoms with Gasteiger partial charge in [0.25, 0.3) is 5.91 Å². The molecule has 144 valence electrons. The quantitative estimate of drug-likeness (QED) is 0.643. The molecule has 0 saturated carbocycles. The van der Waals surface area contributed by atoms with Crippen LogP contribution in [0.2, 0.25) is 0 Å². The highest BCUT2D eigenvalue weighted by Gasteiger charge is 2.51. The van der Waals surface area contributed by atoms with E-state index in [1.165, 1.54) is 4.90 Å². The largest absolute Gasteiger partial charge is 0.325 e. The molecular formula is C25H22N2O2. The summed E-state index contributed by atoms with van der Waals surface area (Å²) in [6, 6.07) is 28.7. The van der Waals surface area contributed by atoms with Gasteiger partial charge in [-0.2, -0.15) is 0 Å². The van der Waals surface area contributed by atoms with Crippen molar-refractivity contribution in [2.24, 2.45) is 0 Å². The zero-order valence-corrected chi connectivity index (χ0v) is 16.0. The summed E-state index contributed by atoms with van der Waals surface area (Å²) in [6.45, 7) is 0.225. The molecule has 0 unspecified atom stereocenters. The van der Waals surface area contributed by atoms with E-state index in [0.29, 0.717) is 6.42 Å². The van der Waals surface area contributed by atoms with Crippen molar-refractivity contribution in [3.8, 4) is 0 Å². The summed E-state index contributed by atoms with van der Waals surface area (Å²) in [5.74, 6) is -0.227. The molecular weight excluding hydrogens is 360 g/mol. The second kappa shape index (κ2) is 8.15. The monoisotopic (exact) mass is 382 g/mol. The summed E-state index contributed by atoms with van der Waals surface area (Å²) in [5.41, 5.74) is 1.71. The minimum Gasteiger partial charge on any atom is -0.319 e. The van der Waals surface area contributed by atoms with Gasteiger partial charge in [-0.25, -0.2) is 4.79 Å². The molecule has 4 rings (SSSR count). The zero-order chi connectivity index (χ0) is 20.1. The van der Waals surface area contributed by atoms with Crippen molar-refractivity contribution in [1.82, 2.24) is 10.2 Å². The fourth-order valence-electron chi connectivity index (χ4n) is 3.69. The van der Waals surface area contributed by atoms with Crippen LogP contribution in [0.25, 0.3) is 6.08 Å². The molecule has 0 aromatic heterocycles. The molecule has 1 atom stereocenters. The van der Waals surface area contributed by atoms with Crippen molar-refractivity contribution in [2.45, 2.75) is 12.0 Å². The molecule has 4 heteroatoms. The maximum absolute atomic E-state index is 13.5. The summed E-state index contributed by atoms with van der Waals surface area (Å²) in [7, 11) is 0. The Morgan fingerprint density at radius 1 is 0.793 bits per heavy atom. The highest BCUT2D eigenvalue weighted by molar-refractivity contribution is 6.07. The number of nitrogens with one attached hydrogen (secondary N) is 1. The lowest BCUT2D eigenvalue weighted by molar-refractivity contribution is -0.131. The van der Waals surface area contributed by atoms with Gasteiger partial charge in [0.05, 0.1) is 0 Å². The van der Waals surface area contributed by atoms with Crippen LogP contribution in [-0.4, -0.2) is 23.4 Å². The van der Waals surface area contributed by atoms with E-state index >= 15 is 0 Å². The molecule has 1 saturated heterocycles. The standard InChI is InChI=1S/C25H22N2O2/c28-23-25(22-16-8-3-9-17-22,19-21-13-6-2-7-14-21)26-24(29)27(23)18-10-15-20-11-4-1-5-12-20/h1-17H,18-19H2,(H,26,29)/b15-10+/t25-/m1/s1. The first-order valence-electron chi connectivity index (χ1n) is 9.64. The number of amides is 3. The topological polar surface area (TPSA) is 49.4 Å². The molecule has 3 amide bonds. The number of urea groups is 1. The van der Waals surface area contributed by atoms with Crippen LogP contribution in [0.15, 0.2) is 97.1 Å². The predicted molar refractivity (Wildman–Crippen MR) is 114 cm³/mol. The fraction of sp³-hybridized carbons (Fsp3) is 0.120. The molecule has 1 heterocycles. The molecule has 29 heavy (non-hydrogen) atoms. The minimum atomic E-state index is -1.10. The Morgan fingerprint density at radius 2 is 1.38 bits per heavy atom. The van der Waals surface area contributed by atoms with Gasteiger partial charge in [0.1, 0.15) is 0 Å². The lowest BCUT2D eigenvalue weighted by Gasteiger charge is -2.27. The summed E-state index contributed by atoms with van der Waals surface area (Å²) >= 11 is 0. The normalized spacial score (nSPS) is 19.0. The van der Waals surface area contributed by atoms with Crippen molar-refractivity contribution in [1.29, 1.82) is 0 Å². The molecule has 0 bridgehead atoms. The molecule has 1 aliphatic rings. The second-order valence-electron chi connectivity index (χ2n) is 7.09. The van der Waals surface area contributed by atoms with Gasteiger partial charge in [0, 0.05) is 13.0 Å². The molecule has 3 aromatic carbocycles. The maximum atomic E-state index is 13.5. The maximum Gasteiger partial charge on any atom is 0.325 e. The minimum absolute atomic E-state index is 0.225. The molecule has 0 aliphatic carbocycles. The number of hydrogen-bond donors (Lipinski definition) is 1. The van der Waals surface area contributed by atoms with E-state index < -0.39 is 5.54 Å². The van der Waals surface area contributed by atoms with E-state index in [1.54, 1.807) is 0 Å². The van der Waals surface area contributed by atoms with Crippen LogP contribution in [0.5, 0.6) is 0 Å². The van der Waals surface area contributed by atoms with Crippen molar-refractivity contribution >= 4 is 18.0 Å². The Hall–Kier alpha value is -3.66. The summed E-state index contributed by atoms with van der Waals surface area (Å²) < 4.78 is 0. The molecule has 1 aliphatic heterocycles. The molecule has 0 radical (unpaired) electrons. The van der Waals surface area contributed by atoms with Crippen LogP contribution in [0.1, 0.15) is 16.7 Å². The Bertz CT molecular complexity index is 1020. The third-order valence-corrected chi connectivity index (χ3v) is 5.15. The number of nitrogens with zero attached hydrogens (tertiary/aromatic N) is 1. The van der Waals surface area contributed by atoms with Crippen LogP contribution in [0.4, 0.5) is 4.79 Å². The van der Waals surface area contributed by atoms with Gasteiger partial charge in [0.15, 0.2) is 5.54 Å². The van der Waals surface area contributed by atoms with Crippen LogP contribution < -0.4 is 5.32 Å². The first-order chi connectivity index (χ1) is 14.2. The average molecular weight is 382 g/mol. The van der Waals surface area contributed by atoms with Gasteiger partial charge in [-0.1, -0.05) is 103 Å². The Labute approximate surface area is 170 Å². The Balaban J connectivity index is 1.63. The van der Waals surface area contributed by atoms with E-state index in [9.17, 15) is 9.59 Å². The van der Waals surface area contributed by atoms with Crippen molar-refractivity contribution in [3.05, 3.63) is 114 Å². The fourth-order valence-corrected chi connectivity index (χ4v) is 3.69. The number of carbonyl (C=O) groups is 2. The lowest BCUT2D eigenvalue weighted by atomic mass is 9.83. The predicted octanol–water partition coefficient (Wildman–Crippen LogP) is 4.39. The van der Waals surface area contributed by atoms with E-state index in [2.05, 4.69) is 5.32 Å². The highest BCUT2D eigenvalue weighted by atomic mass is 16.2. The van der Waals surface area contributed by atoms with Crippen molar-refractivity contribution in [3.63, 3.8) is 0 Å². The van der Waals surface area contributed by atoms with Gasteiger partial charge in [0.2, 0.25) is 0 Å². The lowest BCUT2D eigenvalue weighted by Crippen LogP contribution is -2.46. The van der Waals surface area contributed by atoms with Gasteiger partial charge < -0.3 is 5.32 Å². The van der Waals surface area contributed by atoms with E-state index in [-0.39, 0.29) is 18.5 Å². The number of benzene rings is 3. The molecule has 0 spiro atoms. The summed E-state index contributed by atoms with van der Waals surface area (Å²) in [5, 5.41) is 2.98. The number of imide groups is 1. The smallest absolute Gasteiger partial charge is 0.319 e. The van der Waals surface area contributed by atoms with Crippen LogP contribution in [0, 0.1) is 0 Å². The van der Waals surface area contributed by atoms with Gasteiger partial charge in [-0.15, -0.1) is 0 Å². The van der Waals surface area contributed by atoms with Crippen LogP contribution in [0.3, 0.4) is 0 Å². The van der Waals surface area contributed by atoms with E-state index in [1.807, 2.05) is 103 Å². The van der Waals surface area contributed by atoms with Crippen molar-refractivity contribution in [2.75, 3.05) is 6.54 Å².